The van der Waals surface area contributed by atoms with Crippen molar-refractivity contribution in [2.24, 2.45) is 0 Å². The Morgan fingerprint density at radius 3 is 1.76 bits per heavy atom. The Labute approximate surface area is 213 Å². The summed E-state index contributed by atoms with van der Waals surface area (Å²) >= 11 is -0.396. The molecule has 37 heavy (non-hydrogen) atoms. The van der Waals surface area contributed by atoms with Gasteiger partial charge in [0.25, 0.3) is 25.1 Å². The maximum atomic E-state index is 12.2. The molecule has 0 spiro atoms. The number of halogens is 10. The number of carboxylic acids is 1. The van der Waals surface area contributed by atoms with Gasteiger partial charge in [-0.15, -0.1) is 0 Å². The van der Waals surface area contributed by atoms with Gasteiger partial charge in [-0.2, -0.15) is 39.5 Å². The van der Waals surface area contributed by atoms with Gasteiger partial charge in [0.1, 0.15) is 4.93 Å². The topological polar surface area (TPSA) is 94.5 Å². The van der Waals surface area contributed by atoms with E-state index in [2.05, 4.69) is 30.3 Å². The maximum absolute atomic E-state index is 12.2. The molecule has 204 valence electrons. The Bertz CT molecular complexity index is 1410. The summed E-state index contributed by atoms with van der Waals surface area (Å²) in [7, 11) is -7.42. The van der Waals surface area contributed by atoms with Crippen molar-refractivity contribution in [3.05, 3.63) is 60.2 Å². The van der Waals surface area contributed by atoms with Crippen molar-refractivity contribution in [1.82, 2.24) is 0 Å². The van der Waals surface area contributed by atoms with Crippen LogP contribution in [0.2, 0.25) is 0 Å². The summed E-state index contributed by atoms with van der Waals surface area (Å²) in [5.74, 6) is -15.5. The van der Waals surface area contributed by atoms with Crippen LogP contribution in [0.4, 0.5) is 39.5 Å². The van der Waals surface area contributed by atoms with Crippen molar-refractivity contribution in [3.63, 3.8) is 0 Å². The quantitative estimate of drug-likeness (QED) is 0.143. The van der Waals surface area contributed by atoms with Gasteiger partial charge in [0.05, 0.1) is 0 Å². The molecule has 0 bridgehead atoms. The van der Waals surface area contributed by atoms with E-state index in [1.54, 1.807) is 0 Å². The molecule has 0 radical (unpaired) electrons. The minimum Gasteiger partial charge on any atom is -0.743 e. The van der Waals surface area contributed by atoms with Crippen LogP contribution in [0, 0.1) is 0 Å². The number of fused-ring (bicyclic) bond motifs is 2. The Balaban J connectivity index is 0.000000265. The summed E-state index contributed by atoms with van der Waals surface area (Å²) < 4.78 is 135. The molecule has 1 N–H and O–H groups in total. The molecule has 0 heterocycles. The second kappa shape index (κ2) is 10.4. The van der Waals surface area contributed by atoms with E-state index in [1.165, 1.54) is 5.39 Å². The van der Waals surface area contributed by atoms with E-state index < -0.39 is 60.6 Å². The number of benzene rings is 3. The molecule has 0 saturated heterocycles. The lowest BCUT2D eigenvalue weighted by molar-refractivity contribution is -0.657. The van der Waals surface area contributed by atoms with Gasteiger partial charge in [-0.1, -0.05) is 42.5 Å². The molecule has 3 aromatic carbocycles. The van der Waals surface area contributed by atoms with Crippen LogP contribution in [0.1, 0.15) is 9.49 Å². The highest BCUT2D eigenvalue weighted by atomic mass is 127. The lowest BCUT2D eigenvalue weighted by atomic mass is 9.98. The maximum Gasteiger partial charge on any atom is 0.460 e. The zero-order valence-electron chi connectivity index (χ0n) is 18.0. The third kappa shape index (κ3) is 5.74. The molecule has 5 nitrogen and oxygen atoms in total. The van der Waals surface area contributed by atoms with Crippen LogP contribution in [-0.2, 0) is 14.9 Å². The van der Waals surface area contributed by atoms with Crippen molar-refractivity contribution < 1.29 is 83.6 Å². The third-order valence-electron chi connectivity index (χ3n) is 4.92. The zero-order chi connectivity index (χ0) is 28.6. The van der Waals surface area contributed by atoms with E-state index in [9.17, 15) is 62.4 Å². The van der Waals surface area contributed by atoms with Gasteiger partial charge in [-0.05, 0) is 33.7 Å². The van der Waals surface area contributed by atoms with Gasteiger partial charge >= 0.3 is 29.2 Å². The highest BCUT2D eigenvalue weighted by molar-refractivity contribution is 7.86. The average Bonchev–Trinajstić information content (AvgIpc) is 2.77. The molecular formula is C21H14F9IO5S. The lowest BCUT2D eigenvalue weighted by Crippen LogP contribution is -3.61. The first-order chi connectivity index (χ1) is 16.7. The molecule has 0 saturated carbocycles. The Hall–Kier alpha value is -2.34. The number of hydrogen-bond acceptors (Lipinski definition) is 4. The number of alkyl halides is 11. The second-order valence-electron chi connectivity index (χ2n) is 7.30. The molecule has 0 aliphatic heterocycles. The molecule has 1 atom stereocenters. The van der Waals surface area contributed by atoms with Crippen LogP contribution in [0.5, 0.6) is 0 Å². The minimum absolute atomic E-state index is 0.335. The fourth-order valence-electron chi connectivity index (χ4n) is 3.07. The molecule has 3 rings (SSSR count). The fourth-order valence-corrected chi connectivity index (χ4v) is 5.26. The fraction of sp³-hybridized carbons (Fsp3) is 0.286. The lowest BCUT2D eigenvalue weighted by Gasteiger charge is -2.34. The van der Waals surface area contributed by atoms with Crippen LogP contribution in [-0.4, -0.2) is 52.3 Å². The van der Waals surface area contributed by atoms with Gasteiger partial charge in [-0.25, -0.2) is 13.2 Å². The van der Waals surface area contributed by atoms with Crippen molar-refractivity contribution in [2.75, 3.05) is 4.93 Å². The van der Waals surface area contributed by atoms with Gasteiger partial charge in [-0.3, -0.25) is 0 Å². The van der Waals surface area contributed by atoms with E-state index in [0.29, 0.717) is 0 Å². The molecule has 1 unspecified atom stereocenters. The van der Waals surface area contributed by atoms with Crippen molar-refractivity contribution >= 4 is 37.6 Å². The van der Waals surface area contributed by atoms with Crippen molar-refractivity contribution in [3.8, 4) is 0 Å². The standard InChI is InChI=1S/C17H13IO2.C4HF9O3S/c1-18-16(17(19)20)14-8-4-7-13-9-11-5-2-3-6-12(11)10-15(13)14;5-1(6,3(9,10)11)2(7,8)4(12,13)17(14,15)16/h2-10,16H,1H3;(H,14,15,16). The van der Waals surface area contributed by atoms with E-state index >= 15 is 0 Å². The van der Waals surface area contributed by atoms with E-state index in [1.807, 2.05) is 29.2 Å². The summed E-state index contributed by atoms with van der Waals surface area (Å²) in [6.45, 7) is 0. The summed E-state index contributed by atoms with van der Waals surface area (Å²) in [5.41, 5.74) is 0.955. The monoisotopic (exact) mass is 676 g/mol. The number of hydrogen-bond donors (Lipinski definition) is 1. The molecule has 0 amide bonds. The second-order valence-corrected chi connectivity index (χ2v) is 11.2. The highest BCUT2D eigenvalue weighted by Gasteiger charge is 2.83. The minimum atomic E-state index is -7.43. The Kier molecular flexibility index (Phi) is 8.71. The highest BCUT2D eigenvalue weighted by Crippen LogP contribution is 2.54. The summed E-state index contributed by atoms with van der Waals surface area (Å²) in [6.07, 6.45) is -7.16. The van der Waals surface area contributed by atoms with Crippen LogP contribution in [0.3, 0.4) is 0 Å². The summed E-state index contributed by atoms with van der Waals surface area (Å²) in [6, 6.07) is 18.4. The smallest absolute Gasteiger partial charge is 0.460 e. The normalized spacial score (nSPS) is 14.2. The zero-order valence-corrected chi connectivity index (χ0v) is 21.0. The first-order valence-electron chi connectivity index (χ1n) is 9.48. The first-order valence-corrected chi connectivity index (χ1v) is 14.3. The van der Waals surface area contributed by atoms with Gasteiger partial charge in [0.2, 0.25) is 0 Å². The van der Waals surface area contributed by atoms with Gasteiger partial charge in [0, 0.05) is 5.56 Å². The molecule has 0 aromatic heterocycles. The predicted molar refractivity (Wildman–Crippen MR) is 108 cm³/mol. The molecule has 0 aliphatic carbocycles. The Morgan fingerprint density at radius 1 is 0.838 bits per heavy atom. The number of carboxylic acid groups (broad SMARTS) is 1. The summed E-state index contributed by atoms with van der Waals surface area (Å²) in [5, 5.41) is 6.85. The molecule has 16 heteroatoms. The van der Waals surface area contributed by atoms with E-state index in [0.717, 1.165) is 21.7 Å². The number of aliphatic carboxylic acids is 1. The number of rotatable bonds is 6. The van der Waals surface area contributed by atoms with Gasteiger partial charge < -0.3 is 9.66 Å². The Morgan fingerprint density at radius 2 is 1.32 bits per heavy atom. The van der Waals surface area contributed by atoms with Crippen LogP contribution >= 0.6 is 0 Å². The first kappa shape index (κ1) is 30.9. The largest absolute Gasteiger partial charge is 0.743 e. The third-order valence-corrected chi connectivity index (χ3v) is 8.25. The van der Waals surface area contributed by atoms with Crippen LogP contribution < -0.4 is 21.2 Å². The molecule has 0 fully saturated rings. The molecular weight excluding hydrogens is 662 g/mol. The average molecular weight is 676 g/mol. The number of carbonyl (C=O) groups is 1. The van der Waals surface area contributed by atoms with Crippen LogP contribution in [0.25, 0.3) is 21.5 Å². The summed E-state index contributed by atoms with van der Waals surface area (Å²) in [4.78, 5) is 13.5. The van der Waals surface area contributed by atoms with Crippen LogP contribution in [0.15, 0.2) is 54.6 Å². The van der Waals surface area contributed by atoms with Gasteiger partial charge in [0.15, 0.2) is 10.1 Å². The molecule has 3 aromatic rings. The van der Waals surface area contributed by atoms with E-state index in [4.69, 9.17) is 0 Å². The predicted octanol–water partition coefficient (Wildman–Crippen LogP) is 2.79. The molecule has 0 aliphatic rings. The van der Waals surface area contributed by atoms with E-state index in [-0.39, 0.29) is 3.92 Å². The van der Waals surface area contributed by atoms with Crippen molar-refractivity contribution in [2.45, 2.75) is 27.2 Å². The van der Waals surface area contributed by atoms with Crippen molar-refractivity contribution in [1.29, 1.82) is 0 Å². The SMILES string of the molecule is C[I+]C(C(=O)O)c1cccc2cc3ccccc3cc12.O=S(=O)([O-])C(F)(F)C(F)(F)C(F)(F)C(F)(F)F.